The number of benzene rings is 2. The van der Waals surface area contributed by atoms with Gasteiger partial charge in [-0.05, 0) is 36.4 Å². The van der Waals surface area contributed by atoms with Crippen molar-refractivity contribution in [3.8, 4) is 5.75 Å². The van der Waals surface area contributed by atoms with Crippen LogP contribution < -0.4 is 10.1 Å². The summed E-state index contributed by atoms with van der Waals surface area (Å²) in [7, 11) is 0. The highest BCUT2D eigenvalue weighted by Gasteiger charge is 2.23. The Morgan fingerprint density at radius 1 is 1.14 bits per heavy atom. The molecule has 6 heteroatoms. The van der Waals surface area contributed by atoms with E-state index in [1.165, 1.54) is 18.2 Å². The summed E-state index contributed by atoms with van der Waals surface area (Å²) >= 11 is 0. The molecule has 3 rings (SSSR count). The van der Waals surface area contributed by atoms with E-state index in [1.54, 1.807) is 6.07 Å². The monoisotopic (exact) mass is 307 g/mol. The van der Waals surface area contributed by atoms with E-state index in [-0.39, 0.29) is 24.0 Å². The van der Waals surface area contributed by atoms with Crippen molar-refractivity contribution in [2.75, 3.05) is 6.54 Å². The number of carbonyl (C=O) groups is 1. The zero-order valence-corrected chi connectivity index (χ0v) is 11.4. The molecule has 0 saturated heterocycles. The van der Waals surface area contributed by atoms with E-state index in [9.17, 15) is 18.0 Å². The average Bonchev–Trinajstić information content (AvgIpc) is 2.89. The molecule has 2 aromatic carbocycles. The molecular formula is C16H12F3NO2. The van der Waals surface area contributed by atoms with Crippen LogP contribution in [0.2, 0.25) is 0 Å². The topological polar surface area (TPSA) is 38.3 Å². The molecule has 1 heterocycles. The van der Waals surface area contributed by atoms with E-state index >= 15 is 0 Å². The van der Waals surface area contributed by atoms with Gasteiger partial charge in [0.2, 0.25) is 0 Å². The lowest BCUT2D eigenvalue weighted by Crippen LogP contribution is -2.34. The van der Waals surface area contributed by atoms with Crippen molar-refractivity contribution in [1.82, 2.24) is 5.32 Å². The first-order valence-corrected chi connectivity index (χ1v) is 6.71. The van der Waals surface area contributed by atoms with E-state index in [1.807, 2.05) is 0 Å². The molecular weight excluding hydrogens is 295 g/mol. The molecule has 3 nitrogen and oxygen atoms in total. The van der Waals surface area contributed by atoms with Crippen molar-refractivity contribution in [1.29, 1.82) is 0 Å². The Bertz CT molecular complexity index is 733. The minimum Gasteiger partial charge on any atom is -0.488 e. The summed E-state index contributed by atoms with van der Waals surface area (Å²) in [5, 5.41) is 2.59. The number of halogens is 3. The Morgan fingerprint density at radius 3 is 2.73 bits per heavy atom. The van der Waals surface area contributed by atoms with Gasteiger partial charge in [0.15, 0.2) is 11.6 Å². The lowest BCUT2D eigenvalue weighted by Gasteiger charge is -2.12. The van der Waals surface area contributed by atoms with Gasteiger partial charge >= 0.3 is 0 Å². The smallest absolute Gasteiger partial charge is 0.251 e. The van der Waals surface area contributed by atoms with E-state index in [2.05, 4.69) is 5.32 Å². The zero-order valence-electron chi connectivity index (χ0n) is 11.4. The largest absolute Gasteiger partial charge is 0.488 e. The van der Waals surface area contributed by atoms with Crippen LogP contribution in [-0.2, 0) is 6.42 Å². The average molecular weight is 307 g/mol. The molecule has 0 saturated carbocycles. The maximum absolute atomic E-state index is 13.1. The van der Waals surface area contributed by atoms with Crippen molar-refractivity contribution in [2.45, 2.75) is 12.5 Å². The Hall–Kier alpha value is -2.50. The summed E-state index contributed by atoms with van der Waals surface area (Å²) in [5.41, 5.74) is 0.771. The highest BCUT2D eigenvalue weighted by Crippen LogP contribution is 2.28. The van der Waals surface area contributed by atoms with Crippen molar-refractivity contribution >= 4 is 5.91 Å². The molecule has 0 fully saturated rings. The molecule has 22 heavy (non-hydrogen) atoms. The second kappa shape index (κ2) is 5.71. The molecule has 2 aromatic rings. The summed E-state index contributed by atoms with van der Waals surface area (Å²) in [5.74, 6) is -2.35. The maximum atomic E-state index is 13.1. The molecule has 1 aliphatic rings. The lowest BCUT2D eigenvalue weighted by molar-refractivity contribution is 0.0933. The highest BCUT2D eigenvalue weighted by atomic mass is 19.2. The predicted molar refractivity (Wildman–Crippen MR) is 73.2 cm³/mol. The van der Waals surface area contributed by atoms with Crippen LogP contribution in [-0.4, -0.2) is 18.6 Å². The first-order chi connectivity index (χ1) is 10.5. The molecule has 0 unspecified atom stereocenters. The number of amides is 1. The standard InChI is InChI=1S/C16H12F3NO2/c17-11-2-4-15-10(5-11)6-12(22-15)8-20-16(21)9-1-3-13(18)14(19)7-9/h1-5,7,12H,6,8H2,(H,20,21)/t12-/m1/s1. The second-order valence-electron chi connectivity index (χ2n) is 5.03. The fraction of sp³-hybridized carbons (Fsp3) is 0.188. The number of nitrogens with one attached hydrogen (secondary N) is 1. The van der Waals surface area contributed by atoms with Crippen LogP contribution in [0, 0.1) is 17.5 Å². The molecule has 1 aliphatic heterocycles. The molecule has 0 aliphatic carbocycles. The highest BCUT2D eigenvalue weighted by molar-refractivity contribution is 5.94. The third kappa shape index (κ3) is 2.90. The predicted octanol–water partition coefficient (Wildman–Crippen LogP) is 2.84. The first-order valence-electron chi connectivity index (χ1n) is 6.71. The maximum Gasteiger partial charge on any atom is 0.251 e. The van der Waals surface area contributed by atoms with Gasteiger partial charge in [0, 0.05) is 17.5 Å². The number of carbonyl (C=O) groups excluding carboxylic acids is 1. The Morgan fingerprint density at radius 2 is 1.95 bits per heavy atom. The van der Waals surface area contributed by atoms with Gasteiger partial charge < -0.3 is 10.1 Å². The molecule has 0 spiro atoms. The van der Waals surface area contributed by atoms with Gasteiger partial charge in [-0.3, -0.25) is 4.79 Å². The van der Waals surface area contributed by atoms with Gasteiger partial charge in [0.25, 0.3) is 5.91 Å². The van der Waals surface area contributed by atoms with Crippen LogP contribution in [0.3, 0.4) is 0 Å². The number of ether oxygens (including phenoxy) is 1. The van der Waals surface area contributed by atoms with Crippen molar-refractivity contribution < 1.29 is 22.7 Å². The van der Waals surface area contributed by atoms with Gasteiger partial charge in [0.1, 0.15) is 17.7 Å². The molecule has 1 atom stereocenters. The van der Waals surface area contributed by atoms with Gasteiger partial charge in [-0.2, -0.15) is 0 Å². The fourth-order valence-electron chi connectivity index (χ4n) is 2.35. The van der Waals surface area contributed by atoms with E-state index in [4.69, 9.17) is 4.74 Å². The number of rotatable bonds is 3. The van der Waals surface area contributed by atoms with Crippen molar-refractivity contribution in [2.24, 2.45) is 0 Å². The summed E-state index contributed by atoms with van der Waals surface area (Å²) < 4.78 is 44.6. The third-order valence-electron chi connectivity index (χ3n) is 3.44. The quantitative estimate of drug-likeness (QED) is 0.947. The molecule has 0 bridgehead atoms. The summed E-state index contributed by atoms with van der Waals surface area (Å²) in [6.07, 6.45) is 0.163. The lowest BCUT2D eigenvalue weighted by atomic mass is 10.1. The molecule has 1 N–H and O–H groups in total. The van der Waals surface area contributed by atoms with Gasteiger partial charge in [-0.15, -0.1) is 0 Å². The Kier molecular flexibility index (Phi) is 3.75. The van der Waals surface area contributed by atoms with Gasteiger partial charge in [-0.25, -0.2) is 13.2 Å². The van der Waals surface area contributed by atoms with Crippen LogP contribution in [0.4, 0.5) is 13.2 Å². The number of fused-ring (bicyclic) bond motifs is 1. The number of hydrogen-bond acceptors (Lipinski definition) is 2. The molecule has 0 radical (unpaired) electrons. The Balaban J connectivity index is 1.59. The number of hydrogen-bond donors (Lipinski definition) is 1. The molecule has 0 aromatic heterocycles. The zero-order chi connectivity index (χ0) is 15.7. The van der Waals surface area contributed by atoms with E-state index in [0.717, 1.165) is 17.7 Å². The third-order valence-corrected chi connectivity index (χ3v) is 3.44. The second-order valence-corrected chi connectivity index (χ2v) is 5.03. The van der Waals surface area contributed by atoms with Crippen LogP contribution in [0.15, 0.2) is 36.4 Å². The Labute approximate surface area is 124 Å². The fourth-order valence-corrected chi connectivity index (χ4v) is 2.35. The normalized spacial score (nSPS) is 16.0. The van der Waals surface area contributed by atoms with Gasteiger partial charge in [0.05, 0.1) is 6.54 Å². The summed E-state index contributed by atoms with van der Waals surface area (Å²) in [6, 6.07) is 7.18. The van der Waals surface area contributed by atoms with Gasteiger partial charge in [-0.1, -0.05) is 0 Å². The summed E-state index contributed by atoms with van der Waals surface area (Å²) in [4.78, 5) is 11.9. The van der Waals surface area contributed by atoms with E-state index in [0.29, 0.717) is 12.2 Å². The SMILES string of the molecule is O=C(NC[C@H]1Cc2cc(F)ccc2O1)c1ccc(F)c(F)c1. The summed E-state index contributed by atoms with van der Waals surface area (Å²) in [6.45, 7) is 0.189. The first kappa shape index (κ1) is 14.4. The molecule has 114 valence electrons. The van der Waals surface area contributed by atoms with E-state index < -0.39 is 17.5 Å². The van der Waals surface area contributed by atoms with Crippen LogP contribution in [0.1, 0.15) is 15.9 Å². The minimum absolute atomic E-state index is 0.0282. The minimum atomic E-state index is -1.08. The van der Waals surface area contributed by atoms with Crippen LogP contribution >= 0.6 is 0 Å². The van der Waals surface area contributed by atoms with Crippen LogP contribution in [0.25, 0.3) is 0 Å². The molecule has 1 amide bonds. The van der Waals surface area contributed by atoms with Crippen molar-refractivity contribution in [3.05, 3.63) is 65.0 Å². The van der Waals surface area contributed by atoms with Crippen LogP contribution in [0.5, 0.6) is 5.75 Å². The van der Waals surface area contributed by atoms with Crippen molar-refractivity contribution in [3.63, 3.8) is 0 Å².